The molecule has 78 valence electrons. The summed E-state index contributed by atoms with van der Waals surface area (Å²) in [7, 11) is 0. The van der Waals surface area contributed by atoms with Crippen LogP contribution in [0, 0.1) is 23.1 Å². The molecule has 0 radical (unpaired) electrons. The van der Waals surface area contributed by atoms with Crippen molar-refractivity contribution in [1.82, 2.24) is 0 Å². The zero-order valence-electron chi connectivity index (χ0n) is 7.87. The summed E-state index contributed by atoms with van der Waals surface area (Å²) in [6.45, 7) is -0.0252. The Balaban J connectivity index is 2.39. The average Bonchev–Trinajstić information content (AvgIpc) is 2.97. The molecule has 0 amide bonds. The Morgan fingerprint density at radius 1 is 1.67 bits per heavy atom. The molecule has 2 nitrogen and oxygen atoms in total. The molecule has 2 atom stereocenters. The molecule has 1 aromatic carbocycles. The van der Waals surface area contributed by atoms with Crippen LogP contribution in [0.5, 0.6) is 0 Å². The summed E-state index contributed by atoms with van der Waals surface area (Å²) in [6, 6.07) is 6.45. The van der Waals surface area contributed by atoms with Crippen molar-refractivity contribution >= 4 is 11.6 Å². The van der Waals surface area contributed by atoms with Gasteiger partial charge in [-0.1, -0.05) is 17.7 Å². The maximum atomic E-state index is 12.9. The van der Waals surface area contributed by atoms with E-state index in [0.29, 0.717) is 12.0 Å². The van der Waals surface area contributed by atoms with Crippen LogP contribution < -0.4 is 0 Å². The second-order valence-corrected chi connectivity index (χ2v) is 4.20. The van der Waals surface area contributed by atoms with Crippen molar-refractivity contribution in [2.75, 3.05) is 6.61 Å². The fraction of sp³-hybridized carbons (Fsp3) is 0.364. The molecule has 1 aromatic rings. The van der Waals surface area contributed by atoms with Crippen LogP contribution in [-0.2, 0) is 5.41 Å². The first-order chi connectivity index (χ1) is 7.14. The van der Waals surface area contributed by atoms with E-state index in [2.05, 4.69) is 6.07 Å². The number of nitrogens with zero attached hydrogens (tertiary/aromatic N) is 1. The maximum absolute atomic E-state index is 12.9. The molecule has 0 saturated heterocycles. The Bertz CT molecular complexity index is 443. The Hall–Kier alpha value is -1.11. The van der Waals surface area contributed by atoms with Gasteiger partial charge in [0, 0.05) is 12.5 Å². The second-order valence-electron chi connectivity index (χ2n) is 3.80. The molecule has 1 N–H and O–H groups in total. The van der Waals surface area contributed by atoms with Crippen LogP contribution >= 0.6 is 11.6 Å². The normalized spacial score (nSPS) is 28.5. The number of aliphatic hydroxyl groups excluding tert-OH is 1. The van der Waals surface area contributed by atoms with Crippen LogP contribution in [0.25, 0.3) is 0 Å². The zero-order chi connectivity index (χ0) is 11.1. The fourth-order valence-corrected chi connectivity index (χ4v) is 2.06. The highest BCUT2D eigenvalue weighted by Gasteiger charge is 2.55. The third-order valence-corrected chi connectivity index (χ3v) is 3.25. The fourth-order valence-electron chi connectivity index (χ4n) is 1.88. The lowest BCUT2D eigenvalue weighted by molar-refractivity contribution is 0.269. The van der Waals surface area contributed by atoms with Gasteiger partial charge in [-0.15, -0.1) is 0 Å². The molecule has 0 unspecified atom stereocenters. The Kier molecular flexibility index (Phi) is 2.41. The number of halogens is 2. The van der Waals surface area contributed by atoms with Crippen LogP contribution in [0.1, 0.15) is 12.0 Å². The third kappa shape index (κ3) is 1.50. The first-order valence-corrected chi connectivity index (χ1v) is 4.99. The second kappa shape index (κ2) is 3.48. The molecule has 1 fully saturated rings. The minimum absolute atomic E-state index is 0.0192. The molecule has 1 aliphatic rings. The van der Waals surface area contributed by atoms with Crippen molar-refractivity contribution in [3.63, 3.8) is 0 Å². The van der Waals surface area contributed by atoms with Crippen molar-refractivity contribution in [2.45, 2.75) is 11.8 Å². The quantitative estimate of drug-likeness (QED) is 0.839. The van der Waals surface area contributed by atoms with E-state index >= 15 is 0 Å². The van der Waals surface area contributed by atoms with Crippen LogP contribution in [0.3, 0.4) is 0 Å². The van der Waals surface area contributed by atoms with E-state index in [1.165, 1.54) is 12.1 Å². The summed E-state index contributed by atoms with van der Waals surface area (Å²) in [5.41, 5.74) is 0.0296. The van der Waals surface area contributed by atoms with Gasteiger partial charge in [0.15, 0.2) is 0 Å². The smallest absolute Gasteiger partial charge is 0.141 e. The van der Waals surface area contributed by atoms with Crippen LogP contribution in [-0.4, -0.2) is 11.7 Å². The monoisotopic (exact) mass is 225 g/mol. The van der Waals surface area contributed by atoms with Gasteiger partial charge in [0.25, 0.3) is 0 Å². The standard InChI is InChI=1S/C11H9ClFNO/c12-9-3-7(1-2-10(9)13)11(6-14)4-8(11)5-15/h1-3,8,15H,4-5H2/t8-,11+/m1/s1. The molecule has 0 aliphatic heterocycles. The van der Waals surface area contributed by atoms with Crippen LogP contribution in [0.4, 0.5) is 4.39 Å². The van der Waals surface area contributed by atoms with Crippen LogP contribution in [0.15, 0.2) is 18.2 Å². The zero-order valence-corrected chi connectivity index (χ0v) is 8.63. The van der Waals surface area contributed by atoms with Crippen molar-refractivity contribution in [2.24, 2.45) is 5.92 Å². The summed E-state index contributed by atoms with van der Waals surface area (Å²) in [5.74, 6) is -0.543. The SMILES string of the molecule is N#C[C@]1(c2ccc(F)c(Cl)c2)C[C@@H]1CO. The molecule has 0 heterocycles. The number of hydrogen-bond acceptors (Lipinski definition) is 2. The predicted octanol–water partition coefficient (Wildman–Crippen LogP) is 2.25. The molecular formula is C11H9ClFNO. The molecule has 15 heavy (non-hydrogen) atoms. The molecule has 1 aliphatic carbocycles. The first kappa shape index (κ1) is 10.4. The summed E-state index contributed by atoms with van der Waals surface area (Å²) in [5, 5.41) is 18.1. The molecule has 0 aromatic heterocycles. The average molecular weight is 226 g/mol. The topological polar surface area (TPSA) is 44.0 Å². The number of aliphatic hydroxyl groups is 1. The molecule has 0 spiro atoms. The summed E-state index contributed by atoms with van der Waals surface area (Å²) >= 11 is 5.65. The lowest BCUT2D eigenvalue weighted by Gasteiger charge is -2.08. The van der Waals surface area contributed by atoms with Gasteiger partial charge in [0.05, 0.1) is 16.5 Å². The summed E-state index contributed by atoms with van der Waals surface area (Å²) in [6.07, 6.45) is 0.613. The van der Waals surface area contributed by atoms with E-state index in [-0.39, 0.29) is 17.5 Å². The molecule has 4 heteroatoms. The first-order valence-electron chi connectivity index (χ1n) is 4.61. The van der Waals surface area contributed by atoms with Crippen molar-refractivity contribution < 1.29 is 9.50 Å². The highest BCUT2D eigenvalue weighted by atomic mass is 35.5. The highest BCUT2D eigenvalue weighted by molar-refractivity contribution is 6.30. The molecule has 2 rings (SSSR count). The van der Waals surface area contributed by atoms with Crippen molar-refractivity contribution in [3.05, 3.63) is 34.6 Å². The maximum Gasteiger partial charge on any atom is 0.141 e. The van der Waals surface area contributed by atoms with E-state index in [4.69, 9.17) is 22.0 Å². The van der Waals surface area contributed by atoms with Crippen molar-refractivity contribution in [1.29, 1.82) is 5.26 Å². The number of nitriles is 1. The number of rotatable bonds is 2. The van der Waals surface area contributed by atoms with Gasteiger partial charge in [-0.3, -0.25) is 0 Å². The van der Waals surface area contributed by atoms with Gasteiger partial charge in [0.2, 0.25) is 0 Å². The van der Waals surface area contributed by atoms with E-state index in [0.717, 1.165) is 0 Å². The summed E-state index contributed by atoms with van der Waals surface area (Å²) in [4.78, 5) is 0. The predicted molar refractivity (Wildman–Crippen MR) is 53.9 cm³/mol. The number of benzene rings is 1. The highest BCUT2D eigenvalue weighted by Crippen LogP contribution is 2.53. The van der Waals surface area contributed by atoms with Gasteiger partial charge < -0.3 is 5.11 Å². The van der Waals surface area contributed by atoms with E-state index in [9.17, 15) is 4.39 Å². The molecule has 0 bridgehead atoms. The Morgan fingerprint density at radius 2 is 2.40 bits per heavy atom. The lowest BCUT2D eigenvalue weighted by Crippen LogP contribution is -2.09. The lowest BCUT2D eigenvalue weighted by atomic mass is 9.95. The Morgan fingerprint density at radius 3 is 2.87 bits per heavy atom. The minimum Gasteiger partial charge on any atom is -0.396 e. The van der Waals surface area contributed by atoms with Crippen LogP contribution in [0.2, 0.25) is 5.02 Å². The van der Waals surface area contributed by atoms with E-state index in [1.54, 1.807) is 6.07 Å². The van der Waals surface area contributed by atoms with Gasteiger partial charge in [0.1, 0.15) is 5.82 Å². The van der Waals surface area contributed by atoms with Gasteiger partial charge in [-0.05, 0) is 24.1 Å². The van der Waals surface area contributed by atoms with Gasteiger partial charge in [-0.25, -0.2) is 4.39 Å². The largest absolute Gasteiger partial charge is 0.396 e. The Labute approximate surface area is 91.9 Å². The molecular weight excluding hydrogens is 217 g/mol. The summed E-state index contributed by atoms with van der Waals surface area (Å²) < 4.78 is 12.9. The van der Waals surface area contributed by atoms with Gasteiger partial charge >= 0.3 is 0 Å². The van der Waals surface area contributed by atoms with Gasteiger partial charge in [-0.2, -0.15) is 5.26 Å². The van der Waals surface area contributed by atoms with E-state index < -0.39 is 11.2 Å². The molecule has 1 saturated carbocycles. The van der Waals surface area contributed by atoms with Crippen molar-refractivity contribution in [3.8, 4) is 6.07 Å². The van der Waals surface area contributed by atoms with E-state index in [1.807, 2.05) is 0 Å². The third-order valence-electron chi connectivity index (χ3n) is 2.96. The minimum atomic E-state index is -0.661. The number of hydrogen-bond donors (Lipinski definition) is 1.